The number of carbonyl (C=O) groups excluding carboxylic acids is 1. The Bertz CT molecular complexity index is 926. The summed E-state index contributed by atoms with van der Waals surface area (Å²) in [7, 11) is 1.58. The summed E-state index contributed by atoms with van der Waals surface area (Å²) in [5, 5.41) is 5.91. The molecular formula is C21H18F2N2O2. The SMILES string of the molecule is COc1ccc(NC(=O)c2ccc(NCc3ccc(F)c(F)c3)cc2)cc1. The molecule has 0 atom stereocenters. The van der Waals surface area contributed by atoms with Crippen molar-refractivity contribution in [2.45, 2.75) is 6.54 Å². The molecule has 0 bridgehead atoms. The van der Waals surface area contributed by atoms with Gasteiger partial charge in [0.15, 0.2) is 11.6 Å². The number of hydrogen-bond acceptors (Lipinski definition) is 3. The van der Waals surface area contributed by atoms with Crippen LogP contribution in [0.25, 0.3) is 0 Å². The third-order valence-corrected chi connectivity index (χ3v) is 3.98. The lowest BCUT2D eigenvalue weighted by Gasteiger charge is -2.09. The van der Waals surface area contributed by atoms with E-state index in [1.165, 1.54) is 6.07 Å². The number of nitrogens with one attached hydrogen (secondary N) is 2. The largest absolute Gasteiger partial charge is 0.497 e. The lowest BCUT2D eigenvalue weighted by atomic mass is 10.1. The average molecular weight is 368 g/mol. The summed E-state index contributed by atoms with van der Waals surface area (Å²) in [6.07, 6.45) is 0. The highest BCUT2D eigenvalue weighted by atomic mass is 19.2. The molecule has 27 heavy (non-hydrogen) atoms. The summed E-state index contributed by atoms with van der Waals surface area (Å²) < 4.78 is 31.2. The number of ether oxygens (including phenoxy) is 1. The van der Waals surface area contributed by atoms with E-state index in [0.717, 1.165) is 17.8 Å². The van der Waals surface area contributed by atoms with Gasteiger partial charge in [0.05, 0.1) is 7.11 Å². The first-order valence-electron chi connectivity index (χ1n) is 8.28. The van der Waals surface area contributed by atoms with Gasteiger partial charge in [-0.1, -0.05) is 6.07 Å². The van der Waals surface area contributed by atoms with Crippen molar-refractivity contribution in [1.29, 1.82) is 0 Å². The van der Waals surface area contributed by atoms with Crippen molar-refractivity contribution in [2.75, 3.05) is 17.7 Å². The zero-order valence-electron chi connectivity index (χ0n) is 14.6. The molecule has 0 aliphatic carbocycles. The van der Waals surface area contributed by atoms with E-state index in [-0.39, 0.29) is 5.91 Å². The lowest BCUT2D eigenvalue weighted by Crippen LogP contribution is -2.11. The molecule has 3 aromatic carbocycles. The maximum absolute atomic E-state index is 13.2. The van der Waals surface area contributed by atoms with Crippen molar-refractivity contribution >= 4 is 17.3 Å². The monoisotopic (exact) mass is 368 g/mol. The van der Waals surface area contributed by atoms with Gasteiger partial charge in [0.1, 0.15) is 5.75 Å². The number of amides is 1. The second-order valence-corrected chi connectivity index (χ2v) is 5.86. The predicted octanol–water partition coefficient (Wildman–Crippen LogP) is 4.84. The van der Waals surface area contributed by atoms with Crippen LogP contribution in [0.3, 0.4) is 0 Å². The summed E-state index contributed by atoms with van der Waals surface area (Å²) in [4.78, 5) is 12.3. The van der Waals surface area contributed by atoms with Crippen LogP contribution in [0.4, 0.5) is 20.2 Å². The Morgan fingerprint density at radius 3 is 2.19 bits per heavy atom. The van der Waals surface area contributed by atoms with Crippen LogP contribution in [-0.4, -0.2) is 13.0 Å². The molecular weight excluding hydrogens is 350 g/mol. The first-order chi connectivity index (χ1) is 13.0. The maximum Gasteiger partial charge on any atom is 0.255 e. The molecule has 3 rings (SSSR count). The minimum absolute atomic E-state index is 0.229. The van der Waals surface area contributed by atoms with Crippen LogP contribution in [0.1, 0.15) is 15.9 Å². The summed E-state index contributed by atoms with van der Waals surface area (Å²) in [6, 6.07) is 17.7. The van der Waals surface area contributed by atoms with E-state index in [2.05, 4.69) is 10.6 Å². The Morgan fingerprint density at radius 2 is 1.56 bits per heavy atom. The number of rotatable bonds is 6. The predicted molar refractivity (Wildman–Crippen MR) is 101 cm³/mol. The van der Waals surface area contributed by atoms with Crippen LogP contribution < -0.4 is 15.4 Å². The number of methoxy groups -OCH3 is 1. The van der Waals surface area contributed by atoms with Crippen LogP contribution in [0.5, 0.6) is 5.75 Å². The van der Waals surface area contributed by atoms with Crippen molar-refractivity contribution < 1.29 is 18.3 Å². The molecule has 3 aromatic rings. The molecule has 0 saturated heterocycles. The van der Waals surface area contributed by atoms with Crippen LogP contribution in [0.2, 0.25) is 0 Å². The van der Waals surface area contributed by atoms with Crippen LogP contribution >= 0.6 is 0 Å². The molecule has 0 radical (unpaired) electrons. The van der Waals surface area contributed by atoms with Crippen molar-refractivity contribution in [1.82, 2.24) is 0 Å². The molecule has 6 heteroatoms. The first kappa shape index (κ1) is 18.4. The van der Waals surface area contributed by atoms with Gasteiger partial charge in [0, 0.05) is 23.5 Å². The van der Waals surface area contributed by atoms with Crippen LogP contribution in [0, 0.1) is 11.6 Å². The second kappa shape index (κ2) is 8.31. The van der Waals surface area contributed by atoms with Crippen LogP contribution in [-0.2, 0) is 6.54 Å². The van der Waals surface area contributed by atoms with Gasteiger partial charge in [-0.3, -0.25) is 4.79 Å². The Morgan fingerprint density at radius 1 is 0.889 bits per heavy atom. The van der Waals surface area contributed by atoms with Gasteiger partial charge in [-0.05, 0) is 66.2 Å². The van der Waals surface area contributed by atoms with E-state index in [0.29, 0.717) is 29.1 Å². The van der Waals surface area contributed by atoms with Crippen molar-refractivity contribution in [3.05, 3.63) is 89.5 Å². The molecule has 138 valence electrons. The topological polar surface area (TPSA) is 50.4 Å². The van der Waals surface area contributed by atoms with Gasteiger partial charge in [-0.25, -0.2) is 8.78 Å². The van der Waals surface area contributed by atoms with Crippen molar-refractivity contribution in [3.8, 4) is 5.75 Å². The third kappa shape index (κ3) is 4.82. The Hall–Kier alpha value is -3.41. The Kier molecular flexibility index (Phi) is 5.66. The van der Waals surface area contributed by atoms with Crippen molar-refractivity contribution in [2.24, 2.45) is 0 Å². The Balaban J connectivity index is 1.58. The molecule has 0 aromatic heterocycles. The zero-order chi connectivity index (χ0) is 19.2. The van der Waals surface area contributed by atoms with E-state index in [1.54, 1.807) is 55.6 Å². The van der Waals surface area contributed by atoms with Crippen molar-refractivity contribution in [3.63, 3.8) is 0 Å². The highest BCUT2D eigenvalue weighted by Gasteiger charge is 2.07. The van der Waals surface area contributed by atoms with Gasteiger partial charge in [-0.2, -0.15) is 0 Å². The molecule has 1 amide bonds. The molecule has 4 nitrogen and oxygen atoms in total. The zero-order valence-corrected chi connectivity index (χ0v) is 14.6. The van der Waals surface area contributed by atoms with Gasteiger partial charge >= 0.3 is 0 Å². The number of carbonyl (C=O) groups is 1. The van der Waals surface area contributed by atoms with E-state index in [1.807, 2.05) is 0 Å². The average Bonchev–Trinajstić information content (AvgIpc) is 2.70. The molecule has 0 spiro atoms. The third-order valence-electron chi connectivity index (χ3n) is 3.98. The quantitative estimate of drug-likeness (QED) is 0.655. The number of halogens is 2. The van der Waals surface area contributed by atoms with E-state index < -0.39 is 11.6 Å². The minimum Gasteiger partial charge on any atom is -0.497 e. The van der Waals surface area contributed by atoms with Gasteiger partial charge < -0.3 is 15.4 Å². The fourth-order valence-electron chi connectivity index (χ4n) is 2.47. The standard InChI is InChI=1S/C21H18F2N2O2/c1-27-18-9-7-17(8-10-18)25-21(26)15-3-5-16(6-4-15)24-13-14-2-11-19(22)20(23)12-14/h2-12,24H,13H2,1H3,(H,25,26). The summed E-state index contributed by atoms with van der Waals surface area (Å²) in [5.41, 5.74) is 2.56. The summed E-state index contributed by atoms with van der Waals surface area (Å²) >= 11 is 0. The van der Waals surface area contributed by atoms with Gasteiger partial charge in [-0.15, -0.1) is 0 Å². The molecule has 0 unspecified atom stereocenters. The van der Waals surface area contributed by atoms with E-state index >= 15 is 0 Å². The number of anilines is 2. The smallest absolute Gasteiger partial charge is 0.255 e. The lowest BCUT2D eigenvalue weighted by molar-refractivity contribution is 0.102. The second-order valence-electron chi connectivity index (χ2n) is 5.86. The normalized spacial score (nSPS) is 10.3. The highest BCUT2D eigenvalue weighted by molar-refractivity contribution is 6.04. The fraction of sp³-hybridized carbons (Fsp3) is 0.0952. The van der Waals surface area contributed by atoms with E-state index in [4.69, 9.17) is 4.74 Å². The molecule has 0 saturated carbocycles. The highest BCUT2D eigenvalue weighted by Crippen LogP contribution is 2.17. The van der Waals surface area contributed by atoms with Crippen LogP contribution in [0.15, 0.2) is 66.7 Å². The van der Waals surface area contributed by atoms with Gasteiger partial charge in [0.25, 0.3) is 5.91 Å². The summed E-state index contributed by atoms with van der Waals surface area (Å²) in [6.45, 7) is 0.342. The summed E-state index contributed by atoms with van der Waals surface area (Å²) in [5.74, 6) is -1.26. The Labute approximate surface area is 155 Å². The fourth-order valence-corrected chi connectivity index (χ4v) is 2.47. The van der Waals surface area contributed by atoms with E-state index in [9.17, 15) is 13.6 Å². The molecule has 0 heterocycles. The molecule has 0 aliphatic heterocycles. The minimum atomic E-state index is -0.875. The maximum atomic E-state index is 13.2. The first-order valence-corrected chi connectivity index (χ1v) is 8.28. The number of benzene rings is 3. The van der Waals surface area contributed by atoms with Gasteiger partial charge in [0.2, 0.25) is 0 Å². The molecule has 2 N–H and O–H groups in total. The molecule has 0 fully saturated rings. The molecule has 0 aliphatic rings. The number of hydrogen-bond donors (Lipinski definition) is 2.